The van der Waals surface area contributed by atoms with Gasteiger partial charge in [0, 0.05) is 4.90 Å². The molecule has 0 spiro atoms. The van der Waals surface area contributed by atoms with Crippen molar-refractivity contribution < 1.29 is 4.79 Å². The molecule has 0 fully saturated rings. The van der Waals surface area contributed by atoms with E-state index in [4.69, 9.17) is 11.6 Å². The van der Waals surface area contributed by atoms with E-state index in [9.17, 15) is 4.79 Å². The fourth-order valence-electron chi connectivity index (χ4n) is 0.622. The van der Waals surface area contributed by atoms with Crippen LogP contribution in [0.5, 0.6) is 0 Å². The summed E-state index contributed by atoms with van der Waals surface area (Å²) in [6, 6.07) is 7.15. The number of rotatable bonds is 1. The van der Waals surface area contributed by atoms with Crippen LogP contribution in [-0.2, 0) is 0 Å². The highest BCUT2D eigenvalue weighted by Crippen LogP contribution is 2.28. The Morgan fingerprint density at radius 1 is 1.45 bits per heavy atom. The van der Waals surface area contributed by atoms with Gasteiger partial charge in [-0.2, -0.15) is 0 Å². The van der Waals surface area contributed by atoms with E-state index in [1.54, 1.807) is 12.1 Å². The first-order chi connectivity index (χ1) is 5.20. The minimum atomic E-state index is -0.252. The molecule has 0 amide bonds. The van der Waals surface area contributed by atoms with E-state index < -0.39 is 0 Å². The van der Waals surface area contributed by atoms with Crippen molar-refractivity contribution in [3.8, 4) is 0 Å². The Kier molecular flexibility index (Phi) is 3.30. The van der Waals surface area contributed by atoms with Crippen molar-refractivity contribution in [1.29, 1.82) is 0 Å². The van der Waals surface area contributed by atoms with Crippen LogP contribution in [0.1, 0.15) is 0 Å². The van der Waals surface area contributed by atoms with E-state index >= 15 is 0 Å². The molecular formula is C7H5ClOS2. The summed E-state index contributed by atoms with van der Waals surface area (Å²) in [5, 5.41) is 0.583. The van der Waals surface area contributed by atoms with Gasteiger partial charge in [0.2, 0.25) is 4.45 Å². The molecule has 0 radical (unpaired) electrons. The summed E-state index contributed by atoms with van der Waals surface area (Å²) >= 11 is 10.4. The second-order valence-electron chi connectivity index (χ2n) is 1.80. The molecule has 0 aliphatic rings. The van der Waals surface area contributed by atoms with Crippen molar-refractivity contribution in [2.45, 2.75) is 4.90 Å². The second-order valence-corrected chi connectivity index (χ2v) is 3.93. The van der Waals surface area contributed by atoms with Crippen molar-refractivity contribution in [2.24, 2.45) is 0 Å². The van der Waals surface area contributed by atoms with Gasteiger partial charge >= 0.3 is 0 Å². The number of carbonyl (C=O) groups excluding carboxylic acids is 1. The SMILES string of the molecule is O=C(S)Sc1ccccc1Cl. The Hall–Kier alpha value is -0.120. The first-order valence-corrected chi connectivity index (χ1v) is 4.49. The molecule has 1 aromatic rings. The molecule has 58 valence electrons. The summed E-state index contributed by atoms with van der Waals surface area (Å²) in [7, 11) is 0. The van der Waals surface area contributed by atoms with Gasteiger partial charge in [0.05, 0.1) is 5.02 Å². The Balaban J connectivity index is 2.86. The van der Waals surface area contributed by atoms with Gasteiger partial charge in [-0.05, 0) is 23.9 Å². The lowest BCUT2D eigenvalue weighted by atomic mass is 10.4. The fourth-order valence-corrected chi connectivity index (χ4v) is 1.67. The standard InChI is InChI=1S/C7H5ClOS2/c8-5-3-1-2-4-6(5)11-7(9)10/h1-4H,(H,9,10). The summed E-state index contributed by atoms with van der Waals surface area (Å²) in [4.78, 5) is 11.3. The third kappa shape index (κ3) is 2.77. The molecule has 1 aromatic carbocycles. The summed E-state index contributed by atoms with van der Waals surface area (Å²) in [6.07, 6.45) is 0. The average molecular weight is 205 g/mol. The predicted molar refractivity (Wildman–Crippen MR) is 51.7 cm³/mol. The highest BCUT2D eigenvalue weighted by Gasteiger charge is 2.02. The van der Waals surface area contributed by atoms with E-state index in [0.29, 0.717) is 5.02 Å². The first kappa shape index (κ1) is 8.97. The lowest BCUT2D eigenvalue weighted by Gasteiger charge is -1.97. The predicted octanol–water partition coefficient (Wildman–Crippen LogP) is 3.48. The van der Waals surface area contributed by atoms with Gasteiger partial charge < -0.3 is 0 Å². The highest BCUT2D eigenvalue weighted by atomic mass is 35.5. The zero-order valence-corrected chi connectivity index (χ0v) is 7.92. The molecule has 0 heterocycles. The van der Waals surface area contributed by atoms with Crippen molar-refractivity contribution in [2.75, 3.05) is 0 Å². The van der Waals surface area contributed by atoms with Gasteiger partial charge in [-0.15, -0.1) is 0 Å². The maximum absolute atomic E-state index is 10.5. The number of benzene rings is 1. The van der Waals surface area contributed by atoms with Crippen LogP contribution in [-0.4, -0.2) is 4.45 Å². The van der Waals surface area contributed by atoms with Gasteiger partial charge in [0.25, 0.3) is 0 Å². The van der Waals surface area contributed by atoms with Crippen LogP contribution in [0.25, 0.3) is 0 Å². The van der Waals surface area contributed by atoms with Crippen LogP contribution < -0.4 is 0 Å². The second kappa shape index (κ2) is 4.04. The molecule has 0 aromatic heterocycles. The number of halogens is 1. The van der Waals surface area contributed by atoms with Crippen LogP contribution in [0.4, 0.5) is 4.79 Å². The maximum atomic E-state index is 10.5. The molecule has 11 heavy (non-hydrogen) atoms. The molecule has 0 bridgehead atoms. The Labute approximate surface area is 79.5 Å². The first-order valence-electron chi connectivity index (χ1n) is 2.85. The van der Waals surface area contributed by atoms with Gasteiger partial charge in [-0.3, -0.25) is 4.79 Å². The number of hydrogen-bond acceptors (Lipinski definition) is 2. The smallest absolute Gasteiger partial charge is 0.247 e. The van der Waals surface area contributed by atoms with Gasteiger partial charge in [-0.1, -0.05) is 36.4 Å². The van der Waals surface area contributed by atoms with Gasteiger partial charge in [0.15, 0.2) is 0 Å². The summed E-state index contributed by atoms with van der Waals surface area (Å²) in [6.45, 7) is 0. The number of carbonyl (C=O) groups is 1. The molecule has 4 heteroatoms. The topological polar surface area (TPSA) is 17.1 Å². The molecule has 0 aliphatic heterocycles. The molecule has 1 rings (SSSR count). The molecule has 0 N–H and O–H groups in total. The Bertz CT molecular complexity index is 275. The zero-order valence-electron chi connectivity index (χ0n) is 5.45. The Morgan fingerprint density at radius 2 is 2.09 bits per heavy atom. The van der Waals surface area contributed by atoms with Crippen molar-refractivity contribution in [1.82, 2.24) is 0 Å². The van der Waals surface area contributed by atoms with Crippen LogP contribution in [0, 0.1) is 0 Å². The Morgan fingerprint density at radius 3 is 2.64 bits per heavy atom. The third-order valence-electron chi connectivity index (χ3n) is 1.03. The normalized spacial score (nSPS) is 9.64. The lowest BCUT2D eigenvalue weighted by molar-refractivity contribution is 0.277. The molecule has 0 saturated heterocycles. The quantitative estimate of drug-likeness (QED) is 0.557. The number of thioether (sulfide) groups is 1. The highest BCUT2D eigenvalue weighted by molar-refractivity contribution is 8.32. The summed E-state index contributed by atoms with van der Waals surface area (Å²) in [5.41, 5.74) is 0. The van der Waals surface area contributed by atoms with Crippen molar-refractivity contribution in [3.05, 3.63) is 29.3 Å². The van der Waals surface area contributed by atoms with Gasteiger partial charge in [0.1, 0.15) is 0 Å². The van der Waals surface area contributed by atoms with Crippen LogP contribution in [0.3, 0.4) is 0 Å². The van der Waals surface area contributed by atoms with Crippen molar-refractivity contribution in [3.63, 3.8) is 0 Å². The van der Waals surface area contributed by atoms with Gasteiger partial charge in [-0.25, -0.2) is 0 Å². The molecule has 0 atom stereocenters. The maximum Gasteiger partial charge on any atom is 0.247 e. The minimum Gasteiger partial charge on any atom is -0.274 e. The molecule has 0 aliphatic carbocycles. The molecule has 1 nitrogen and oxygen atoms in total. The van der Waals surface area contributed by atoms with E-state index in [1.807, 2.05) is 12.1 Å². The third-order valence-corrected chi connectivity index (χ3v) is 2.50. The minimum absolute atomic E-state index is 0.252. The van der Waals surface area contributed by atoms with Crippen molar-refractivity contribution >= 4 is 40.4 Å². The van der Waals surface area contributed by atoms with E-state index in [2.05, 4.69) is 12.6 Å². The zero-order chi connectivity index (χ0) is 8.27. The van der Waals surface area contributed by atoms with E-state index in [0.717, 1.165) is 16.7 Å². The van der Waals surface area contributed by atoms with E-state index in [-0.39, 0.29) is 4.45 Å². The van der Waals surface area contributed by atoms with Crippen LogP contribution in [0.2, 0.25) is 5.02 Å². The van der Waals surface area contributed by atoms with Crippen LogP contribution in [0.15, 0.2) is 29.2 Å². The molecule has 0 saturated carbocycles. The fraction of sp³-hybridized carbons (Fsp3) is 0. The summed E-state index contributed by atoms with van der Waals surface area (Å²) in [5.74, 6) is 0. The molecular weight excluding hydrogens is 200 g/mol. The summed E-state index contributed by atoms with van der Waals surface area (Å²) < 4.78 is -0.252. The average Bonchev–Trinajstić information content (AvgIpc) is 1.93. The largest absolute Gasteiger partial charge is 0.274 e. The number of thiol groups is 1. The van der Waals surface area contributed by atoms with E-state index in [1.165, 1.54) is 0 Å². The molecule has 0 unspecified atom stereocenters. The lowest BCUT2D eigenvalue weighted by Crippen LogP contribution is -1.76. The van der Waals surface area contributed by atoms with Crippen LogP contribution >= 0.6 is 36.0 Å². The number of hydrogen-bond donors (Lipinski definition) is 1. The monoisotopic (exact) mass is 204 g/mol.